The second-order valence-electron chi connectivity index (χ2n) is 8.50. The number of nitrogens with zero attached hydrogens (tertiary/aromatic N) is 3. The molecule has 0 spiro atoms. The summed E-state index contributed by atoms with van der Waals surface area (Å²) in [4.78, 5) is 21.1. The summed E-state index contributed by atoms with van der Waals surface area (Å²) in [6, 6.07) is 9.73. The summed E-state index contributed by atoms with van der Waals surface area (Å²) in [5.41, 5.74) is 2.30. The van der Waals surface area contributed by atoms with Crippen molar-refractivity contribution in [1.29, 1.82) is 0 Å². The molecule has 4 rings (SSSR count). The van der Waals surface area contributed by atoms with Gasteiger partial charge in [-0.05, 0) is 18.4 Å². The summed E-state index contributed by atoms with van der Waals surface area (Å²) in [6.07, 6.45) is -0.159. The van der Waals surface area contributed by atoms with E-state index >= 15 is 0 Å². The van der Waals surface area contributed by atoms with Crippen molar-refractivity contribution in [3.05, 3.63) is 42.9 Å². The fourth-order valence-electron chi connectivity index (χ4n) is 3.85. The summed E-state index contributed by atoms with van der Waals surface area (Å²) in [5, 5.41) is 27.5. The Morgan fingerprint density at radius 3 is 2.59 bits per heavy atom. The lowest BCUT2D eigenvalue weighted by atomic mass is 10.1. The van der Waals surface area contributed by atoms with Crippen molar-refractivity contribution in [3.8, 4) is 11.1 Å². The van der Waals surface area contributed by atoms with Gasteiger partial charge in [0.05, 0.1) is 18.0 Å². The number of anilines is 1. The molecular weight excluding hydrogens is 410 g/mol. The molecule has 1 aliphatic rings. The first-order valence-electron chi connectivity index (χ1n) is 10.8. The van der Waals surface area contributed by atoms with Gasteiger partial charge in [0.2, 0.25) is 5.91 Å². The van der Waals surface area contributed by atoms with Crippen molar-refractivity contribution in [2.45, 2.75) is 45.3 Å². The van der Waals surface area contributed by atoms with Crippen LogP contribution in [0.25, 0.3) is 22.2 Å². The summed E-state index contributed by atoms with van der Waals surface area (Å²) >= 11 is 0. The summed E-state index contributed by atoms with van der Waals surface area (Å²) < 4.78 is 7.56. The molecule has 0 bridgehead atoms. The molecule has 3 heterocycles. The van der Waals surface area contributed by atoms with Gasteiger partial charge >= 0.3 is 0 Å². The Kier molecular flexibility index (Phi) is 6.40. The lowest BCUT2D eigenvalue weighted by molar-refractivity contribution is -0.119. The van der Waals surface area contributed by atoms with Crippen LogP contribution >= 0.6 is 0 Å². The van der Waals surface area contributed by atoms with Crippen LogP contribution in [0.15, 0.2) is 42.9 Å². The Morgan fingerprint density at radius 2 is 1.94 bits per heavy atom. The van der Waals surface area contributed by atoms with Crippen molar-refractivity contribution in [1.82, 2.24) is 19.9 Å². The number of benzene rings is 1. The number of nitrogens with one attached hydrogen (secondary N) is 2. The van der Waals surface area contributed by atoms with Crippen molar-refractivity contribution in [2.24, 2.45) is 5.92 Å². The van der Waals surface area contributed by atoms with Gasteiger partial charge < -0.3 is 30.2 Å². The second kappa shape index (κ2) is 9.23. The molecule has 0 radical (unpaired) electrons. The fourth-order valence-corrected chi connectivity index (χ4v) is 3.85. The third-order valence-electron chi connectivity index (χ3n) is 5.57. The highest BCUT2D eigenvalue weighted by atomic mass is 16.6. The zero-order valence-corrected chi connectivity index (χ0v) is 18.4. The predicted octanol–water partition coefficient (Wildman–Crippen LogP) is 1.92. The second-order valence-corrected chi connectivity index (χ2v) is 8.50. The zero-order chi connectivity index (χ0) is 22.8. The number of hydrogen-bond donors (Lipinski definition) is 4. The molecule has 1 amide bonds. The lowest BCUT2D eigenvalue weighted by Crippen LogP contribution is -2.32. The number of aromatic nitrogens is 3. The standard InChI is InChI=1S/C23H29N5O4/c1-13(2)9-24-17(29)10-25-21-18-16(15-7-5-4-6-8-15)11-28(22(18)27-12-26-21)23-20(31)19(30)14(3)32-23/h4-8,11-14,19-20,23,30-31H,9-10H2,1-3H3,(H,24,29)(H,25,26,27)/t14-,19-,20-,23-/m1/s1. The molecule has 0 unspecified atom stereocenters. The van der Waals surface area contributed by atoms with Crippen LogP contribution in [0.2, 0.25) is 0 Å². The van der Waals surface area contributed by atoms with Gasteiger partial charge in [-0.3, -0.25) is 4.79 Å². The molecule has 3 aromatic rings. The van der Waals surface area contributed by atoms with Gasteiger partial charge in [-0.15, -0.1) is 0 Å². The maximum atomic E-state index is 12.2. The number of carbonyl (C=O) groups is 1. The maximum absolute atomic E-state index is 12.2. The topological polar surface area (TPSA) is 122 Å². The van der Waals surface area contributed by atoms with Crippen molar-refractivity contribution in [2.75, 3.05) is 18.4 Å². The Labute approximate surface area is 186 Å². The molecule has 2 aromatic heterocycles. The van der Waals surface area contributed by atoms with Gasteiger partial charge in [-0.1, -0.05) is 44.2 Å². The largest absolute Gasteiger partial charge is 0.388 e. The predicted molar refractivity (Wildman–Crippen MR) is 121 cm³/mol. The van der Waals surface area contributed by atoms with Crippen LogP contribution in [0.4, 0.5) is 5.82 Å². The Hall–Kier alpha value is -3.01. The average molecular weight is 440 g/mol. The van der Waals surface area contributed by atoms with E-state index in [1.807, 2.05) is 50.4 Å². The Bertz CT molecular complexity index is 1080. The highest BCUT2D eigenvalue weighted by Crippen LogP contribution is 2.38. The van der Waals surface area contributed by atoms with Gasteiger partial charge in [-0.25, -0.2) is 9.97 Å². The number of amides is 1. The van der Waals surface area contributed by atoms with Crippen LogP contribution in [-0.2, 0) is 9.53 Å². The van der Waals surface area contributed by atoms with E-state index in [0.717, 1.165) is 11.1 Å². The minimum absolute atomic E-state index is 0.0660. The molecule has 0 saturated carbocycles. The highest BCUT2D eigenvalue weighted by molar-refractivity contribution is 6.02. The maximum Gasteiger partial charge on any atom is 0.239 e. The van der Waals surface area contributed by atoms with E-state index in [1.165, 1.54) is 6.33 Å². The van der Waals surface area contributed by atoms with E-state index in [1.54, 1.807) is 11.5 Å². The van der Waals surface area contributed by atoms with E-state index in [-0.39, 0.29) is 12.5 Å². The third kappa shape index (κ3) is 4.32. The van der Waals surface area contributed by atoms with Gasteiger partial charge in [0, 0.05) is 18.3 Å². The molecule has 9 heteroatoms. The normalized spacial score (nSPS) is 23.1. The highest BCUT2D eigenvalue weighted by Gasteiger charge is 2.42. The SMILES string of the molecule is CC(C)CNC(=O)CNc1ncnc2c1c(-c1ccccc1)cn2[C@@H]1O[C@H](C)[C@@H](O)[C@H]1O. The molecule has 1 saturated heterocycles. The van der Waals surface area contributed by atoms with Gasteiger partial charge in [0.1, 0.15) is 30.0 Å². The number of fused-ring (bicyclic) bond motifs is 1. The zero-order valence-electron chi connectivity index (χ0n) is 18.4. The number of aliphatic hydroxyl groups is 2. The molecule has 32 heavy (non-hydrogen) atoms. The summed E-state index contributed by atoms with van der Waals surface area (Å²) in [6.45, 7) is 6.45. The first kappa shape index (κ1) is 22.2. The first-order valence-corrected chi connectivity index (χ1v) is 10.8. The van der Waals surface area contributed by atoms with Crippen LogP contribution in [0.3, 0.4) is 0 Å². The molecule has 1 aromatic carbocycles. The van der Waals surface area contributed by atoms with E-state index in [0.29, 0.717) is 29.3 Å². The quantitative estimate of drug-likeness (QED) is 0.444. The molecule has 170 valence electrons. The number of aliphatic hydroxyl groups excluding tert-OH is 2. The number of rotatable bonds is 7. The van der Waals surface area contributed by atoms with Crippen LogP contribution in [0.5, 0.6) is 0 Å². The molecule has 4 atom stereocenters. The molecule has 9 nitrogen and oxygen atoms in total. The van der Waals surface area contributed by atoms with Gasteiger partial charge in [0.15, 0.2) is 6.23 Å². The van der Waals surface area contributed by atoms with E-state index in [9.17, 15) is 15.0 Å². The van der Waals surface area contributed by atoms with E-state index < -0.39 is 24.5 Å². The van der Waals surface area contributed by atoms with E-state index in [4.69, 9.17) is 4.74 Å². The molecule has 1 fully saturated rings. The van der Waals surface area contributed by atoms with Crippen LogP contribution in [0, 0.1) is 5.92 Å². The molecular formula is C23H29N5O4. The number of ether oxygens (including phenoxy) is 1. The third-order valence-corrected chi connectivity index (χ3v) is 5.57. The van der Waals surface area contributed by atoms with Crippen LogP contribution in [-0.4, -0.2) is 62.1 Å². The fraction of sp³-hybridized carbons (Fsp3) is 0.435. The van der Waals surface area contributed by atoms with E-state index in [2.05, 4.69) is 20.6 Å². The molecule has 4 N–H and O–H groups in total. The summed E-state index contributed by atoms with van der Waals surface area (Å²) in [5.74, 6) is 0.741. The van der Waals surface area contributed by atoms with Crippen molar-refractivity contribution < 1.29 is 19.7 Å². The number of hydrogen-bond acceptors (Lipinski definition) is 7. The van der Waals surface area contributed by atoms with Gasteiger partial charge in [-0.2, -0.15) is 0 Å². The van der Waals surface area contributed by atoms with Crippen LogP contribution in [0.1, 0.15) is 27.0 Å². The van der Waals surface area contributed by atoms with Gasteiger partial charge in [0.25, 0.3) is 0 Å². The smallest absolute Gasteiger partial charge is 0.239 e. The lowest BCUT2D eigenvalue weighted by Gasteiger charge is -2.17. The summed E-state index contributed by atoms with van der Waals surface area (Å²) in [7, 11) is 0. The average Bonchev–Trinajstić information content (AvgIpc) is 3.30. The minimum Gasteiger partial charge on any atom is -0.388 e. The minimum atomic E-state index is -1.10. The Balaban J connectivity index is 1.74. The first-order chi connectivity index (χ1) is 15.4. The molecule has 1 aliphatic heterocycles. The monoisotopic (exact) mass is 439 g/mol. The number of carbonyl (C=O) groups excluding carboxylic acids is 1. The van der Waals surface area contributed by atoms with Crippen LogP contribution < -0.4 is 10.6 Å². The van der Waals surface area contributed by atoms with Crippen molar-refractivity contribution in [3.63, 3.8) is 0 Å². The Morgan fingerprint density at radius 1 is 1.19 bits per heavy atom. The van der Waals surface area contributed by atoms with Crippen molar-refractivity contribution >= 4 is 22.8 Å². The molecule has 0 aliphatic carbocycles.